The van der Waals surface area contributed by atoms with Crippen molar-refractivity contribution >= 4 is 40.7 Å². The Morgan fingerprint density at radius 2 is 1.94 bits per heavy atom. The number of nitrogens with two attached hydrogens (primary N) is 1. The van der Waals surface area contributed by atoms with E-state index in [1.807, 2.05) is 12.1 Å². The van der Waals surface area contributed by atoms with Crippen molar-refractivity contribution in [3.63, 3.8) is 0 Å². The molecule has 0 atom stereocenters. The maximum Gasteiger partial charge on any atom is 0.0642 e. The zero-order valence-electron chi connectivity index (χ0n) is 8.15. The fourth-order valence-electron chi connectivity index (χ4n) is 1.16. The van der Waals surface area contributed by atoms with E-state index in [-0.39, 0.29) is 0 Å². The molecule has 0 unspecified atom stereocenters. The summed E-state index contributed by atoms with van der Waals surface area (Å²) in [5.74, 6) is 0. The van der Waals surface area contributed by atoms with Crippen LogP contribution in [0, 0.1) is 0 Å². The van der Waals surface area contributed by atoms with E-state index in [2.05, 4.69) is 4.98 Å². The summed E-state index contributed by atoms with van der Waals surface area (Å²) in [5, 5.41) is 1.31. The van der Waals surface area contributed by atoms with Crippen molar-refractivity contribution in [2.75, 3.05) is 5.73 Å². The number of hydrogen-bond acceptors (Lipinski definition) is 3. The second-order valence-electron chi connectivity index (χ2n) is 3.09. The minimum Gasteiger partial charge on any atom is -0.397 e. The Labute approximate surface area is 108 Å². The average Bonchev–Trinajstić information content (AvgIpc) is 2.27. The second-order valence-corrected chi connectivity index (χ2v) is 5.02. The Morgan fingerprint density at radius 1 is 1.12 bits per heavy atom. The Hall–Kier alpha value is -0.900. The van der Waals surface area contributed by atoms with Gasteiger partial charge in [-0.25, -0.2) is 0 Å². The Balaban J connectivity index is 2.34. The van der Waals surface area contributed by atoms with Crippen molar-refractivity contribution in [3.8, 4) is 0 Å². The molecule has 5 heteroatoms. The highest BCUT2D eigenvalue weighted by Crippen LogP contribution is 2.37. The van der Waals surface area contributed by atoms with Crippen LogP contribution in [0.1, 0.15) is 0 Å². The van der Waals surface area contributed by atoms with Crippen LogP contribution in [0.5, 0.6) is 0 Å². The first-order chi connectivity index (χ1) is 7.66. The lowest BCUT2D eigenvalue weighted by Gasteiger charge is -2.06. The number of pyridine rings is 1. The summed E-state index contributed by atoms with van der Waals surface area (Å²) >= 11 is 13.4. The van der Waals surface area contributed by atoms with E-state index in [9.17, 15) is 0 Å². The van der Waals surface area contributed by atoms with E-state index in [1.165, 1.54) is 11.8 Å². The fourth-order valence-corrected chi connectivity index (χ4v) is 2.52. The second kappa shape index (κ2) is 4.95. The molecule has 2 rings (SSSR count). The molecular formula is C11H8Cl2N2S. The number of aromatic nitrogens is 1. The third kappa shape index (κ3) is 2.61. The van der Waals surface area contributed by atoms with E-state index in [4.69, 9.17) is 28.9 Å². The van der Waals surface area contributed by atoms with Crippen molar-refractivity contribution in [3.05, 3.63) is 46.7 Å². The van der Waals surface area contributed by atoms with Gasteiger partial charge in [-0.3, -0.25) is 4.98 Å². The summed E-state index contributed by atoms with van der Waals surface area (Å²) in [6.45, 7) is 0. The standard InChI is InChI=1S/C11H8Cl2N2S/c12-7-1-2-8(13)11(5-7)16-10-3-4-15-6-9(10)14/h1-6H,14H2. The Morgan fingerprint density at radius 3 is 2.69 bits per heavy atom. The molecule has 0 aliphatic carbocycles. The first-order valence-corrected chi connectivity index (χ1v) is 6.06. The number of hydrogen-bond donors (Lipinski definition) is 1. The summed E-state index contributed by atoms with van der Waals surface area (Å²) < 4.78 is 0. The molecule has 1 aromatic carbocycles. The van der Waals surface area contributed by atoms with Gasteiger partial charge >= 0.3 is 0 Å². The molecule has 0 aliphatic rings. The molecule has 2 aromatic rings. The molecule has 1 heterocycles. The number of halogens is 2. The van der Waals surface area contributed by atoms with Crippen molar-refractivity contribution in [2.45, 2.75) is 9.79 Å². The highest BCUT2D eigenvalue weighted by molar-refractivity contribution is 7.99. The molecular weight excluding hydrogens is 263 g/mol. The van der Waals surface area contributed by atoms with E-state index in [0.29, 0.717) is 15.7 Å². The zero-order chi connectivity index (χ0) is 11.5. The van der Waals surface area contributed by atoms with Crippen LogP contribution >= 0.6 is 35.0 Å². The van der Waals surface area contributed by atoms with Crippen LogP contribution < -0.4 is 5.73 Å². The van der Waals surface area contributed by atoms with Gasteiger partial charge in [0, 0.05) is 21.0 Å². The molecule has 2 N–H and O–H groups in total. The minimum atomic E-state index is 0.628. The average molecular weight is 271 g/mol. The zero-order valence-corrected chi connectivity index (χ0v) is 10.5. The maximum atomic E-state index is 6.06. The molecule has 0 radical (unpaired) electrons. The third-order valence-electron chi connectivity index (χ3n) is 1.92. The van der Waals surface area contributed by atoms with Gasteiger partial charge in [0.25, 0.3) is 0 Å². The first-order valence-electron chi connectivity index (χ1n) is 4.49. The van der Waals surface area contributed by atoms with E-state index < -0.39 is 0 Å². The van der Waals surface area contributed by atoms with Gasteiger partial charge in [0.05, 0.1) is 16.9 Å². The first kappa shape index (κ1) is 11.6. The molecule has 82 valence electrons. The largest absolute Gasteiger partial charge is 0.397 e. The van der Waals surface area contributed by atoms with E-state index in [0.717, 1.165) is 9.79 Å². The molecule has 0 saturated carbocycles. The Bertz CT molecular complexity index is 517. The lowest BCUT2D eigenvalue weighted by molar-refractivity contribution is 1.27. The van der Waals surface area contributed by atoms with Gasteiger partial charge in [-0.1, -0.05) is 35.0 Å². The fraction of sp³-hybridized carbons (Fsp3) is 0. The number of nitrogen functional groups attached to an aromatic ring is 1. The maximum absolute atomic E-state index is 6.06. The van der Waals surface area contributed by atoms with Crippen LogP contribution in [-0.2, 0) is 0 Å². The summed E-state index contributed by atoms with van der Waals surface area (Å²) in [6.07, 6.45) is 3.30. The molecule has 0 saturated heterocycles. The topological polar surface area (TPSA) is 38.9 Å². The molecule has 0 spiro atoms. The smallest absolute Gasteiger partial charge is 0.0642 e. The van der Waals surface area contributed by atoms with Crippen LogP contribution in [-0.4, -0.2) is 4.98 Å². The van der Waals surface area contributed by atoms with Crippen LogP contribution in [0.4, 0.5) is 5.69 Å². The molecule has 0 bridgehead atoms. The summed E-state index contributed by atoms with van der Waals surface area (Å²) in [4.78, 5) is 5.73. The molecule has 16 heavy (non-hydrogen) atoms. The van der Waals surface area contributed by atoms with Crippen molar-refractivity contribution in [1.29, 1.82) is 0 Å². The van der Waals surface area contributed by atoms with Gasteiger partial charge in [0.2, 0.25) is 0 Å². The molecule has 0 amide bonds. The SMILES string of the molecule is Nc1cnccc1Sc1cc(Cl)ccc1Cl. The van der Waals surface area contributed by atoms with Gasteiger partial charge in [-0.15, -0.1) is 0 Å². The normalized spacial score (nSPS) is 10.4. The monoisotopic (exact) mass is 270 g/mol. The predicted octanol–water partition coefficient (Wildman–Crippen LogP) is 4.12. The third-order valence-corrected chi connectivity index (χ3v) is 3.75. The lowest BCUT2D eigenvalue weighted by atomic mass is 10.4. The Kier molecular flexibility index (Phi) is 3.59. The van der Waals surface area contributed by atoms with Gasteiger partial charge in [-0.2, -0.15) is 0 Å². The number of benzene rings is 1. The van der Waals surface area contributed by atoms with Crippen molar-refractivity contribution < 1.29 is 0 Å². The van der Waals surface area contributed by atoms with E-state index >= 15 is 0 Å². The number of nitrogens with zero attached hydrogens (tertiary/aromatic N) is 1. The lowest BCUT2D eigenvalue weighted by Crippen LogP contribution is -1.89. The summed E-state index contributed by atoms with van der Waals surface area (Å²) in [6, 6.07) is 7.18. The highest BCUT2D eigenvalue weighted by atomic mass is 35.5. The van der Waals surface area contributed by atoms with Crippen LogP contribution in [0.2, 0.25) is 10.0 Å². The van der Waals surface area contributed by atoms with Crippen LogP contribution in [0.3, 0.4) is 0 Å². The van der Waals surface area contributed by atoms with Crippen molar-refractivity contribution in [2.24, 2.45) is 0 Å². The minimum absolute atomic E-state index is 0.628. The molecule has 1 aromatic heterocycles. The van der Waals surface area contributed by atoms with Gasteiger partial charge < -0.3 is 5.73 Å². The van der Waals surface area contributed by atoms with Gasteiger partial charge in [0.1, 0.15) is 0 Å². The van der Waals surface area contributed by atoms with Gasteiger partial charge in [-0.05, 0) is 24.3 Å². The highest BCUT2D eigenvalue weighted by Gasteiger charge is 2.06. The molecule has 0 fully saturated rings. The summed E-state index contributed by atoms with van der Waals surface area (Å²) in [7, 11) is 0. The molecule has 0 aliphatic heterocycles. The molecule has 2 nitrogen and oxygen atoms in total. The van der Waals surface area contributed by atoms with Gasteiger partial charge in [0.15, 0.2) is 0 Å². The predicted molar refractivity (Wildman–Crippen MR) is 69.2 cm³/mol. The summed E-state index contributed by atoms with van der Waals surface area (Å²) in [5.41, 5.74) is 6.43. The van der Waals surface area contributed by atoms with E-state index in [1.54, 1.807) is 24.5 Å². The van der Waals surface area contributed by atoms with Crippen LogP contribution in [0.25, 0.3) is 0 Å². The number of rotatable bonds is 2. The number of anilines is 1. The van der Waals surface area contributed by atoms with Crippen LogP contribution in [0.15, 0.2) is 46.5 Å². The quantitative estimate of drug-likeness (QED) is 0.892. The van der Waals surface area contributed by atoms with Crippen molar-refractivity contribution in [1.82, 2.24) is 4.98 Å².